The molecule has 0 radical (unpaired) electrons. The van der Waals surface area contributed by atoms with Crippen molar-refractivity contribution < 1.29 is 17.9 Å². The largest absolute Gasteiger partial charge is 0.373 e. The highest BCUT2D eigenvalue weighted by Crippen LogP contribution is 2.14. The average molecular weight is 327 g/mol. The third-order valence-corrected chi connectivity index (χ3v) is 4.91. The molecule has 0 saturated carbocycles. The van der Waals surface area contributed by atoms with Crippen molar-refractivity contribution in [2.24, 2.45) is 5.73 Å². The first-order valence-corrected chi connectivity index (χ1v) is 8.51. The SMILES string of the molecule is C[C@H]1CN(S(=O)(=O)NCc2ccc(C(N)=O)cc2)C[C@H](C)O1. The highest BCUT2D eigenvalue weighted by atomic mass is 32.2. The lowest BCUT2D eigenvalue weighted by Crippen LogP contribution is -2.51. The van der Waals surface area contributed by atoms with Crippen LogP contribution in [-0.4, -0.2) is 43.9 Å². The third-order valence-electron chi connectivity index (χ3n) is 3.42. The molecule has 1 amide bonds. The molecular formula is C14H21N3O4S. The van der Waals surface area contributed by atoms with E-state index in [9.17, 15) is 13.2 Å². The minimum atomic E-state index is -3.56. The van der Waals surface area contributed by atoms with E-state index in [0.717, 1.165) is 5.56 Å². The summed E-state index contributed by atoms with van der Waals surface area (Å²) in [6.45, 7) is 4.52. The lowest BCUT2D eigenvalue weighted by atomic mass is 10.1. The minimum Gasteiger partial charge on any atom is -0.373 e. The van der Waals surface area contributed by atoms with Crippen molar-refractivity contribution >= 4 is 16.1 Å². The first-order chi connectivity index (χ1) is 10.3. The molecule has 22 heavy (non-hydrogen) atoms. The zero-order valence-electron chi connectivity index (χ0n) is 12.7. The first-order valence-electron chi connectivity index (χ1n) is 7.07. The van der Waals surface area contributed by atoms with E-state index in [-0.39, 0.29) is 18.8 Å². The number of nitrogens with zero attached hydrogens (tertiary/aromatic N) is 1. The smallest absolute Gasteiger partial charge is 0.279 e. The van der Waals surface area contributed by atoms with Gasteiger partial charge in [0.05, 0.1) is 12.2 Å². The van der Waals surface area contributed by atoms with Crippen LogP contribution in [0, 0.1) is 0 Å². The third kappa shape index (κ3) is 4.26. The van der Waals surface area contributed by atoms with Crippen LogP contribution in [0.3, 0.4) is 0 Å². The summed E-state index contributed by atoms with van der Waals surface area (Å²) in [5.41, 5.74) is 6.31. The van der Waals surface area contributed by atoms with Crippen molar-refractivity contribution in [2.75, 3.05) is 13.1 Å². The summed E-state index contributed by atoms with van der Waals surface area (Å²) >= 11 is 0. The van der Waals surface area contributed by atoms with E-state index in [1.54, 1.807) is 24.3 Å². The second-order valence-corrected chi connectivity index (χ2v) is 7.22. The number of carbonyl (C=O) groups excluding carboxylic acids is 1. The topological polar surface area (TPSA) is 102 Å². The van der Waals surface area contributed by atoms with Gasteiger partial charge in [-0.1, -0.05) is 12.1 Å². The quantitative estimate of drug-likeness (QED) is 0.808. The normalized spacial score (nSPS) is 23.4. The zero-order valence-corrected chi connectivity index (χ0v) is 13.5. The van der Waals surface area contributed by atoms with Crippen LogP contribution in [0.15, 0.2) is 24.3 Å². The number of carbonyl (C=O) groups is 1. The fourth-order valence-electron chi connectivity index (χ4n) is 2.38. The molecule has 0 spiro atoms. The van der Waals surface area contributed by atoms with Crippen molar-refractivity contribution in [3.05, 3.63) is 35.4 Å². The lowest BCUT2D eigenvalue weighted by molar-refractivity contribution is -0.0444. The Hall–Kier alpha value is -1.48. The Balaban J connectivity index is 1.98. The van der Waals surface area contributed by atoms with Gasteiger partial charge in [0.15, 0.2) is 0 Å². The highest BCUT2D eigenvalue weighted by Gasteiger charge is 2.30. The molecule has 1 fully saturated rings. The van der Waals surface area contributed by atoms with Gasteiger partial charge in [0.2, 0.25) is 5.91 Å². The van der Waals surface area contributed by atoms with Gasteiger partial charge in [-0.05, 0) is 31.5 Å². The van der Waals surface area contributed by atoms with E-state index in [1.807, 2.05) is 13.8 Å². The fourth-order valence-corrected chi connectivity index (χ4v) is 3.72. The molecule has 8 heteroatoms. The molecule has 1 aliphatic rings. The Bertz CT molecular complexity index is 620. The van der Waals surface area contributed by atoms with Gasteiger partial charge in [-0.25, -0.2) is 0 Å². The van der Waals surface area contributed by atoms with Gasteiger partial charge in [-0.2, -0.15) is 17.4 Å². The number of amides is 1. The molecule has 1 aromatic rings. The standard InChI is InChI=1S/C14H21N3O4S/c1-10-8-17(9-11(2)21-10)22(19,20)16-7-12-3-5-13(6-4-12)14(15)18/h3-6,10-11,16H,7-9H2,1-2H3,(H2,15,18)/t10-,11-/m0/s1. The molecule has 0 unspecified atom stereocenters. The number of benzene rings is 1. The second-order valence-electron chi connectivity index (χ2n) is 5.46. The zero-order chi connectivity index (χ0) is 16.3. The Morgan fingerprint density at radius 3 is 2.32 bits per heavy atom. The van der Waals surface area contributed by atoms with Crippen LogP contribution in [0.2, 0.25) is 0 Å². The van der Waals surface area contributed by atoms with Crippen molar-refractivity contribution in [3.8, 4) is 0 Å². The molecule has 7 nitrogen and oxygen atoms in total. The number of hydrogen-bond donors (Lipinski definition) is 2. The van der Waals surface area contributed by atoms with Crippen molar-refractivity contribution in [3.63, 3.8) is 0 Å². The molecule has 3 N–H and O–H groups in total. The molecule has 1 saturated heterocycles. The molecule has 2 rings (SSSR count). The van der Waals surface area contributed by atoms with E-state index in [4.69, 9.17) is 10.5 Å². The van der Waals surface area contributed by atoms with E-state index < -0.39 is 16.1 Å². The van der Waals surface area contributed by atoms with Gasteiger partial charge < -0.3 is 10.5 Å². The predicted octanol–water partition coefficient (Wildman–Crippen LogP) is 0.229. The van der Waals surface area contributed by atoms with Gasteiger partial charge in [-0.3, -0.25) is 4.79 Å². The molecule has 1 heterocycles. The summed E-state index contributed by atoms with van der Waals surface area (Å²) in [6.07, 6.45) is -0.259. The van der Waals surface area contributed by atoms with Crippen LogP contribution in [0.1, 0.15) is 29.8 Å². The van der Waals surface area contributed by atoms with Crippen molar-refractivity contribution in [1.82, 2.24) is 9.03 Å². The number of morpholine rings is 1. The maximum absolute atomic E-state index is 12.3. The maximum atomic E-state index is 12.3. The van der Waals surface area contributed by atoms with Crippen LogP contribution in [0.5, 0.6) is 0 Å². The summed E-state index contributed by atoms with van der Waals surface area (Å²) in [5, 5.41) is 0. The average Bonchev–Trinajstić information content (AvgIpc) is 2.44. The van der Waals surface area contributed by atoms with Crippen LogP contribution >= 0.6 is 0 Å². The molecule has 2 atom stereocenters. The molecule has 0 bridgehead atoms. The van der Waals surface area contributed by atoms with Crippen LogP contribution in [0.25, 0.3) is 0 Å². The van der Waals surface area contributed by atoms with Gasteiger partial charge in [0, 0.05) is 25.2 Å². The molecule has 122 valence electrons. The summed E-state index contributed by atoms with van der Waals surface area (Å²) in [6, 6.07) is 6.50. The number of hydrogen-bond acceptors (Lipinski definition) is 4. The van der Waals surface area contributed by atoms with E-state index in [1.165, 1.54) is 4.31 Å². The van der Waals surface area contributed by atoms with E-state index in [0.29, 0.717) is 18.7 Å². The monoisotopic (exact) mass is 327 g/mol. The first kappa shape index (κ1) is 16.9. The summed E-state index contributed by atoms with van der Waals surface area (Å²) in [7, 11) is -3.56. The van der Waals surface area contributed by atoms with Gasteiger partial charge in [-0.15, -0.1) is 0 Å². The van der Waals surface area contributed by atoms with Crippen molar-refractivity contribution in [1.29, 1.82) is 0 Å². The van der Waals surface area contributed by atoms with Gasteiger partial charge in [0.25, 0.3) is 10.2 Å². The number of ether oxygens (including phenoxy) is 1. The number of nitrogens with one attached hydrogen (secondary N) is 1. The summed E-state index contributed by atoms with van der Waals surface area (Å²) in [5.74, 6) is -0.511. The van der Waals surface area contributed by atoms with Crippen LogP contribution < -0.4 is 10.5 Å². The fraction of sp³-hybridized carbons (Fsp3) is 0.500. The number of primary amides is 1. The van der Waals surface area contributed by atoms with Crippen LogP contribution in [0.4, 0.5) is 0 Å². The maximum Gasteiger partial charge on any atom is 0.279 e. The Morgan fingerprint density at radius 1 is 1.27 bits per heavy atom. The van der Waals surface area contributed by atoms with Gasteiger partial charge in [0.1, 0.15) is 0 Å². The van der Waals surface area contributed by atoms with Gasteiger partial charge >= 0.3 is 0 Å². The molecular weight excluding hydrogens is 306 g/mol. The Kier molecular flexibility index (Phi) is 5.17. The minimum absolute atomic E-state index is 0.129. The van der Waals surface area contributed by atoms with Crippen molar-refractivity contribution in [2.45, 2.75) is 32.6 Å². The van der Waals surface area contributed by atoms with E-state index >= 15 is 0 Å². The Morgan fingerprint density at radius 2 is 1.82 bits per heavy atom. The summed E-state index contributed by atoms with van der Waals surface area (Å²) < 4.78 is 34.1. The summed E-state index contributed by atoms with van der Waals surface area (Å²) in [4.78, 5) is 11.0. The molecule has 0 aliphatic carbocycles. The highest BCUT2D eigenvalue weighted by molar-refractivity contribution is 7.87. The lowest BCUT2D eigenvalue weighted by Gasteiger charge is -2.34. The Labute approximate surface area is 130 Å². The second kappa shape index (κ2) is 6.74. The number of nitrogens with two attached hydrogens (primary N) is 1. The molecule has 1 aromatic carbocycles. The predicted molar refractivity (Wildman–Crippen MR) is 82.3 cm³/mol. The molecule has 1 aliphatic heterocycles. The molecule has 0 aromatic heterocycles. The number of rotatable bonds is 5. The van der Waals surface area contributed by atoms with E-state index in [2.05, 4.69) is 4.72 Å². The van der Waals surface area contributed by atoms with Crippen LogP contribution in [-0.2, 0) is 21.5 Å².